The van der Waals surface area contributed by atoms with Crippen molar-refractivity contribution in [1.82, 2.24) is 10.6 Å². The highest BCUT2D eigenvalue weighted by Crippen LogP contribution is 2.33. The van der Waals surface area contributed by atoms with Gasteiger partial charge in [-0.15, -0.1) is 24.0 Å². The minimum Gasteiger partial charge on any atom is -0.490 e. The van der Waals surface area contributed by atoms with Crippen molar-refractivity contribution in [3.63, 3.8) is 0 Å². The molecule has 1 aliphatic rings. The van der Waals surface area contributed by atoms with Gasteiger partial charge in [0.25, 0.3) is 0 Å². The van der Waals surface area contributed by atoms with Gasteiger partial charge in [0.1, 0.15) is 0 Å². The second-order valence-electron chi connectivity index (χ2n) is 5.45. The molecule has 0 radical (unpaired) electrons. The molecule has 24 heavy (non-hydrogen) atoms. The van der Waals surface area contributed by atoms with E-state index in [1.807, 2.05) is 0 Å². The van der Waals surface area contributed by atoms with Crippen LogP contribution in [0.3, 0.4) is 0 Å². The molecule has 0 aliphatic heterocycles. The summed E-state index contributed by atoms with van der Waals surface area (Å²) in [5, 5.41) is 6.40. The molecule has 0 heterocycles. The molecule has 2 unspecified atom stereocenters. The first-order valence-electron chi connectivity index (χ1n) is 7.71. The van der Waals surface area contributed by atoms with Crippen molar-refractivity contribution in [3.05, 3.63) is 23.8 Å². The summed E-state index contributed by atoms with van der Waals surface area (Å²) in [5.41, 5.74) is 0.586. The summed E-state index contributed by atoms with van der Waals surface area (Å²) in [7, 11) is 1.68. The van der Waals surface area contributed by atoms with E-state index in [4.69, 9.17) is 4.74 Å². The molecule has 1 aliphatic carbocycles. The molecule has 2 rings (SSSR count). The van der Waals surface area contributed by atoms with Crippen LogP contribution in [0.5, 0.6) is 11.5 Å². The molecule has 1 aromatic carbocycles. The number of hydrogen-bond acceptors (Lipinski definition) is 3. The lowest BCUT2D eigenvalue weighted by molar-refractivity contribution is -0.0520. The minimum atomic E-state index is -2.90. The number of guanidine groups is 1. The summed E-state index contributed by atoms with van der Waals surface area (Å²) >= 11 is 0. The van der Waals surface area contributed by atoms with Gasteiger partial charge in [-0.3, -0.25) is 4.99 Å². The SMILES string of the molecule is CCOc1cccc(CNC(=NC)NC2CC2C)c1OC(F)F.I. The molecule has 0 amide bonds. The van der Waals surface area contributed by atoms with E-state index in [0.717, 1.165) is 6.42 Å². The van der Waals surface area contributed by atoms with Gasteiger partial charge >= 0.3 is 6.61 Å². The second-order valence-corrected chi connectivity index (χ2v) is 5.45. The zero-order valence-corrected chi connectivity index (χ0v) is 16.3. The largest absolute Gasteiger partial charge is 0.490 e. The smallest absolute Gasteiger partial charge is 0.387 e. The van der Waals surface area contributed by atoms with Crippen molar-refractivity contribution in [1.29, 1.82) is 0 Å². The van der Waals surface area contributed by atoms with Gasteiger partial charge in [-0.25, -0.2) is 0 Å². The van der Waals surface area contributed by atoms with Crippen molar-refractivity contribution in [2.24, 2.45) is 10.9 Å². The number of alkyl halides is 2. The Kier molecular flexibility index (Phi) is 8.51. The molecule has 0 spiro atoms. The van der Waals surface area contributed by atoms with Crippen LogP contribution in [0.2, 0.25) is 0 Å². The molecule has 136 valence electrons. The average molecular weight is 455 g/mol. The lowest BCUT2D eigenvalue weighted by Crippen LogP contribution is -2.38. The van der Waals surface area contributed by atoms with E-state index in [9.17, 15) is 8.78 Å². The lowest BCUT2D eigenvalue weighted by Gasteiger charge is -2.17. The van der Waals surface area contributed by atoms with E-state index < -0.39 is 6.61 Å². The number of halogens is 3. The van der Waals surface area contributed by atoms with Crippen LogP contribution < -0.4 is 20.1 Å². The first-order chi connectivity index (χ1) is 11.0. The number of nitrogens with zero attached hydrogens (tertiary/aromatic N) is 1. The Hall–Kier alpha value is -1.32. The fourth-order valence-corrected chi connectivity index (χ4v) is 2.26. The van der Waals surface area contributed by atoms with Crippen LogP contribution in [0.1, 0.15) is 25.8 Å². The number of aliphatic imine (C=N–C) groups is 1. The van der Waals surface area contributed by atoms with Crippen molar-refractivity contribution in [2.75, 3.05) is 13.7 Å². The standard InChI is InChI=1S/C16H23F2N3O2.HI/c1-4-22-13-7-5-6-11(14(13)23-15(17)18)9-20-16(19-3)21-12-8-10(12)2;/h5-7,10,12,15H,4,8-9H2,1-3H3,(H2,19,20,21);1H. The quantitative estimate of drug-likeness (QED) is 0.376. The van der Waals surface area contributed by atoms with Crippen LogP contribution in [-0.2, 0) is 6.54 Å². The predicted octanol–water partition coefficient (Wildman–Crippen LogP) is 3.38. The topological polar surface area (TPSA) is 54.9 Å². The number of hydrogen-bond donors (Lipinski definition) is 2. The molecule has 2 N–H and O–H groups in total. The molecule has 0 saturated heterocycles. The lowest BCUT2D eigenvalue weighted by atomic mass is 10.2. The van der Waals surface area contributed by atoms with Crippen molar-refractivity contribution >= 4 is 29.9 Å². The van der Waals surface area contributed by atoms with E-state index >= 15 is 0 Å². The summed E-state index contributed by atoms with van der Waals surface area (Å²) in [4.78, 5) is 4.14. The first kappa shape index (κ1) is 20.7. The molecule has 0 bridgehead atoms. The highest BCUT2D eigenvalue weighted by Gasteiger charge is 2.33. The zero-order chi connectivity index (χ0) is 16.8. The van der Waals surface area contributed by atoms with Crippen molar-refractivity contribution in [2.45, 2.75) is 39.5 Å². The molecule has 5 nitrogen and oxygen atoms in total. The summed E-state index contributed by atoms with van der Waals surface area (Å²) < 4.78 is 35.4. The van der Waals surface area contributed by atoms with Gasteiger partial charge in [0.2, 0.25) is 0 Å². The Balaban J connectivity index is 0.00000288. The van der Waals surface area contributed by atoms with Gasteiger partial charge in [0.05, 0.1) is 6.61 Å². The molecular weight excluding hydrogens is 431 g/mol. The summed E-state index contributed by atoms with van der Waals surface area (Å²) in [6.45, 7) is 1.73. The normalized spacial score (nSPS) is 19.5. The van der Waals surface area contributed by atoms with Gasteiger partial charge < -0.3 is 20.1 Å². The van der Waals surface area contributed by atoms with E-state index in [2.05, 4.69) is 27.3 Å². The van der Waals surface area contributed by atoms with Gasteiger partial charge in [-0.2, -0.15) is 8.78 Å². The third-order valence-electron chi connectivity index (χ3n) is 3.67. The zero-order valence-electron chi connectivity index (χ0n) is 14.0. The fourth-order valence-electron chi connectivity index (χ4n) is 2.26. The number of ether oxygens (including phenoxy) is 2. The van der Waals surface area contributed by atoms with Gasteiger partial charge in [0, 0.05) is 25.2 Å². The molecule has 1 fully saturated rings. The van der Waals surface area contributed by atoms with Gasteiger partial charge in [-0.05, 0) is 25.3 Å². The molecule has 1 saturated carbocycles. The van der Waals surface area contributed by atoms with Crippen LogP contribution in [-0.4, -0.2) is 32.3 Å². The minimum absolute atomic E-state index is 0. The predicted molar refractivity (Wildman–Crippen MR) is 101 cm³/mol. The number of nitrogens with one attached hydrogen (secondary N) is 2. The maximum Gasteiger partial charge on any atom is 0.387 e. The Labute approximate surface area is 158 Å². The fraction of sp³-hybridized carbons (Fsp3) is 0.562. The maximum atomic E-state index is 12.7. The molecule has 0 aromatic heterocycles. The van der Waals surface area contributed by atoms with E-state index in [1.54, 1.807) is 32.2 Å². The van der Waals surface area contributed by atoms with Crippen LogP contribution in [0.15, 0.2) is 23.2 Å². The summed E-state index contributed by atoms with van der Waals surface area (Å²) in [5.74, 6) is 1.65. The van der Waals surface area contributed by atoms with Crippen LogP contribution in [0, 0.1) is 5.92 Å². The maximum absolute atomic E-state index is 12.7. The Morgan fingerprint density at radius 2 is 2.12 bits per heavy atom. The molecule has 2 atom stereocenters. The molecular formula is C16H24F2IN3O2. The van der Waals surface area contributed by atoms with Crippen molar-refractivity contribution in [3.8, 4) is 11.5 Å². The van der Waals surface area contributed by atoms with Crippen LogP contribution in [0.25, 0.3) is 0 Å². The highest BCUT2D eigenvalue weighted by atomic mass is 127. The number of rotatable bonds is 7. The van der Waals surface area contributed by atoms with Crippen LogP contribution >= 0.6 is 24.0 Å². The van der Waals surface area contributed by atoms with Gasteiger partial charge in [0.15, 0.2) is 17.5 Å². The van der Waals surface area contributed by atoms with E-state index in [-0.39, 0.29) is 29.7 Å². The Bertz CT molecular complexity index is 558. The molecule has 8 heteroatoms. The average Bonchev–Trinajstić information content (AvgIpc) is 3.21. The first-order valence-corrected chi connectivity index (χ1v) is 7.71. The monoisotopic (exact) mass is 455 g/mol. The Morgan fingerprint density at radius 1 is 1.42 bits per heavy atom. The molecule has 1 aromatic rings. The van der Waals surface area contributed by atoms with Gasteiger partial charge in [-0.1, -0.05) is 19.1 Å². The second kappa shape index (κ2) is 9.85. The third-order valence-corrected chi connectivity index (χ3v) is 3.67. The summed E-state index contributed by atoms with van der Waals surface area (Å²) in [6, 6.07) is 5.51. The number of benzene rings is 1. The summed E-state index contributed by atoms with van der Waals surface area (Å²) in [6.07, 6.45) is 1.11. The van der Waals surface area contributed by atoms with E-state index in [0.29, 0.717) is 42.4 Å². The number of para-hydroxylation sites is 1. The van der Waals surface area contributed by atoms with Crippen molar-refractivity contribution < 1.29 is 18.3 Å². The third kappa shape index (κ3) is 5.95. The Morgan fingerprint density at radius 3 is 2.67 bits per heavy atom. The van der Waals surface area contributed by atoms with Crippen LogP contribution in [0.4, 0.5) is 8.78 Å². The highest BCUT2D eigenvalue weighted by molar-refractivity contribution is 14.0. The van der Waals surface area contributed by atoms with E-state index in [1.165, 1.54) is 0 Å².